The van der Waals surface area contributed by atoms with Crippen LogP contribution in [0.4, 0.5) is 8.78 Å². The Balaban J connectivity index is 1.75. The number of aryl methyl sites for hydroxylation is 1. The van der Waals surface area contributed by atoms with E-state index in [4.69, 9.17) is 1.37 Å². The monoisotopic (exact) mass is 402 g/mol. The van der Waals surface area contributed by atoms with Crippen LogP contribution in [0.5, 0.6) is 0 Å². The van der Waals surface area contributed by atoms with Gasteiger partial charge in [0, 0.05) is 37.5 Å². The molecule has 0 N–H and O–H groups in total. The molecule has 1 nitrogen and oxygen atoms in total. The highest BCUT2D eigenvalue weighted by molar-refractivity contribution is 7.26. The zero-order valence-electron chi connectivity index (χ0n) is 16.6. The Kier molecular flexibility index (Phi) is 4.09. The number of alkyl halides is 2. The molecule has 5 rings (SSSR count). The van der Waals surface area contributed by atoms with E-state index in [-0.39, 0.29) is 5.56 Å². The molecule has 0 radical (unpaired) electrons. The Morgan fingerprint density at radius 2 is 1.69 bits per heavy atom. The average molecular weight is 402 g/mol. The molecule has 5 aromatic rings. The van der Waals surface area contributed by atoms with Gasteiger partial charge >= 0.3 is 0 Å². The lowest BCUT2D eigenvalue weighted by molar-refractivity contribution is 0.151. The standard InChI is InChI=1S/C25H17F2NS/c1-15-12-18(16-6-3-2-4-7-16)13-21-19-8-5-9-20(24(19)29-23(15)21)22-14-17(25(26)27)10-11-28-22/h2-14,25H,1H3/i25D. The second-order valence-corrected chi connectivity index (χ2v) is 8.03. The molecule has 2 heterocycles. The summed E-state index contributed by atoms with van der Waals surface area (Å²) in [7, 11) is 0. The predicted octanol–water partition coefficient (Wildman–Crippen LogP) is 8.03. The number of benzene rings is 3. The third-order valence-corrected chi connectivity index (χ3v) is 6.54. The van der Waals surface area contributed by atoms with E-state index in [1.807, 2.05) is 30.3 Å². The Hall–Kier alpha value is -3.11. The third kappa shape index (κ3) is 3.10. The fourth-order valence-corrected chi connectivity index (χ4v) is 5.04. The van der Waals surface area contributed by atoms with Crippen LogP contribution in [0.2, 0.25) is 0 Å². The van der Waals surface area contributed by atoms with E-state index in [0.717, 1.165) is 32.2 Å². The number of fused-ring (bicyclic) bond motifs is 3. The highest BCUT2D eigenvalue weighted by atomic mass is 32.1. The first kappa shape index (κ1) is 16.8. The summed E-state index contributed by atoms with van der Waals surface area (Å²) in [6.45, 7) is 2.10. The maximum Gasteiger partial charge on any atom is 0.263 e. The van der Waals surface area contributed by atoms with Crippen LogP contribution in [-0.4, -0.2) is 4.98 Å². The highest BCUT2D eigenvalue weighted by Crippen LogP contribution is 2.42. The molecule has 0 aliphatic heterocycles. The van der Waals surface area contributed by atoms with E-state index in [1.165, 1.54) is 28.6 Å². The summed E-state index contributed by atoms with van der Waals surface area (Å²) >= 11 is 1.65. The van der Waals surface area contributed by atoms with Gasteiger partial charge in [0.2, 0.25) is 0 Å². The Bertz CT molecular complexity index is 1390. The van der Waals surface area contributed by atoms with Crippen molar-refractivity contribution >= 4 is 31.5 Å². The van der Waals surface area contributed by atoms with Crippen LogP contribution < -0.4 is 0 Å². The number of hydrogen-bond donors (Lipinski definition) is 0. The second-order valence-electron chi connectivity index (χ2n) is 7.01. The van der Waals surface area contributed by atoms with Crippen LogP contribution in [0.3, 0.4) is 0 Å². The quantitative estimate of drug-likeness (QED) is 0.298. The Morgan fingerprint density at radius 3 is 2.48 bits per heavy atom. The molecule has 0 unspecified atom stereocenters. The summed E-state index contributed by atoms with van der Waals surface area (Å²) in [6.07, 6.45) is -2.30. The van der Waals surface area contributed by atoms with Crippen molar-refractivity contribution in [3.8, 4) is 22.4 Å². The lowest BCUT2D eigenvalue weighted by atomic mass is 9.99. The highest BCUT2D eigenvalue weighted by Gasteiger charge is 2.15. The summed E-state index contributed by atoms with van der Waals surface area (Å²) in [5.74, 6) is 0. The van der Waals surface area contributed by atoms with Crippen molar-refractivity contribution < 1.29 is 10.2 Å². The zero-order chi connectivity index (χ0) is 20.9. The van der Waals surface area contributed by atoms with Crippen molar-refractivity contribution in [2.75, 3.05) is 0 Å². The third-order valence-electron chi connectivity index (χ3n) is 5.15. The number of rotatable bonds is 3. The summed E-state index contributed by atoms with van der Waals surface area (Å²) < 4.78 is 36.3. The molecule has 0 aliphatic carbocycles. The maximum atomic E-state index is 13.5. The molecule has 2 aromatic heterocycles. The molecular formula is C25H17F2NS. The lowest BCUT2D eigenvalue weighted by Crippen LogP contribution is -1.89. The maximum absolute atomic E-state index is 13.5. The molecular weight excluding hydrogens is 384 g/mol. The minimum Gasteiger partial charge on any atom is -0.256 e. The topological polar surface area (TPSA) is 12.9 Å². The molecule has 0 atom stereocenters. The minimum atomic E-state index is -3.65. The van der Waals surface area contributed by atoms with Gasteiger partial charge in [0.15, 0.2) is 0 Å². The van der Waals surface area contributed by atoms with Crippen LogP contribution in [-0.2, 0) is 0 Å². The largest absolute Gasteiger partial charge is 0.263 e. The number of thiophene rings is 1. The fourth-order valence-electron chi connectivity index (χ4n) is 3.76. The SMILES string of the molecule is [2H]C(F)(F)c1ccnc(-c2cccc3c2sc2c(C)cc(-c4ccccc4)cc23)c1. The Labute approximate surface area is 172 Å². The Morgan fingerprint density at radius 1 is 0.862 bits per heavy atom. The molecule has 0 spiro atoms. The number of hydrogen-bond acceptors (Lipinski definition) is 2. The van der Waals surface area contributed by atoms with Gasteiger partial charge in [0.05, 0.1) is 5.69 Å². The molecule has 29 heavy (non-hydrogen) atoms. The molecule has 0 saturated heterocycles. The normalized spacial score (nSPS) is 12.4. The van der Waals surface area contributed by atoms with Gasteiger partial charge < -0.3 is 0 Å². The number of halogens is 2. The minimum absolute atomic E-state index is 0.354. The van der Waals surface area contributed by atoms with Crippen molar-refractivity contribution in [2.45, 2.75) is 13.3 Å². The van der Waals surface area contributed by atoms with E-state index in [0.29, 0.717) is 5.69 Å². The van der Waals surface area contributed by atoms with E-state index in [2.05, 4.69) is 42.2 Å². The van der Waals surface area contributed by atoms with Crippen LogP contribution in [0, 0.1) is 6.92 Å². The summed E-state index contributed by atoms with van der Waals surface area (Å²) in [4.78, 5) is 4.32. The first-order chi connectivity index (χ1) is 14.4. The van der Waals surface area contributed by atoms with Crippen molar-refractivity contribution in [3.63, 3.8) is 0 Å². The van der Waals surface area contributed by atoms with Gasteiger partial charge in [-0.2, -0.15) is 0 Å². The van der Waals surface area contributed by atoms with Gasteiger partial charge in [0.1, 0.15) is 1.37 Å². The van der Waals surface area contributed by atoms with E-state index in [9.17, 15) is 8.78 Å². The molecule has 0 amide bonds. The average Bonchev–Trinajstić information content (AvgIpc) is 3.13. The van der Waals surface area contributed by atoms with Crippen molar-refractivity contribution in [3.05, 3.63) is 90.1 Å². The van der Waals surface area contributed by atoms with Gasteiger partial charge in [-0.15, -0.1) is 11.3 Å². The molecule has 4 heteroatoms. The summed E-state index contributed by atoms with van der Waals surface area (Å²) in [5.41, 5.74) is 4.40. The van der Waals surface area contributed by atoms with Crippen LogP contribution in [0.1, 0.15) is 18.9 Å². The van der Waals surface area contributed by atoms with E-state index < -0.39 is 6.40 Å². The fraction of sp³-hybridized carbons (Fsp3) is 0.0800. The van der Waals surface area contributed by atoms with E-state index >= 15 is 0 Å². The molecule has 0 bridgehead atoms. The molecule has 0 saturated carbocycles. The predicted molar refractivity (Wildman–Crippen MR) is 118 cm³/mol. The van der Waals surface area contributed by atoms with E-state index in [1.54, 1.807) is 11.3 Å². The van der Waals surface area contributed by atoms with Gasteiger partial charge in [-0.3, -0.25) is 4.98 Å². The smallest absolute Gasteiger partial charge is 0.256 e. The van der Waals surface area contributed by atoms with Gasteiger partial charge in [0.25, 0.3) is 6.40 Å². The summed E-state index contributed by atoms with van der Waals surface area (Å²) in [6, 6.07) is 23.0. The molecule has 0 fully saturated rings. The molecule has 142 valence electrons. The molecule has 0 aliphatic rings. The molecule has 3 aromatic carbocycles. The number of pyridine rings is 1. The van der Waals surface area contributed by atoms with Gasteiger partial charge in [-0.25, -0.2) is 8.78 Å². The van der Waals surface area contributed by atoms with Crippen LogP contribution in [0.15, 0.2) is 79.0 Å². The van der Waals surface area contributed by atoms with Crippen molar-refractivity contribution in [1.29, 1.82) is 0 Å². The van der Waals surface area contributed by atoms with Gasteiger partial charge in [-0.1, -0.05) is 48.5 Å². The first-order valence-corrected chi connectivity index (χ1v) is 10.1. The van der Waals surface area contributed by atoms with Crippen molar-refractivity contribution in [1.82, 2.24) is 4.98 Å². The second kappa shape index (κ2) is 7.05. The first-order valence-electron chi connectivity index (χ1n) is 9.78. The number of nitrogens with zero attached hydrogens (tertiary/aromatic N) is 1. The van der Waals surface area contributed by atoms with Gasteiger partial charge in [-0.05, 0) is 47.9 Å². The van der Waals surface area contributed by atoms with Crippen molar-refractivity contribution in [2.24, 2.45) is 0 Å². The zero-order valence-corrected chi connectivity index (χ0v) is 16.4. The van der Waals surface area contributed by atoms with Crippen LogP contribution >= 0.6 is 11.3 Å². The number of aromatic nitrogens is 1. The summed E-state index contributed by atoms with van der Waals surface area (Å²) in [5, 5.41) is 2.23. The van der Waals surface area contributed by atoms with Crippen LogP contribution in [0.25, 0.3) is 42.6 Å². The lowest BCUT2D eigenvalue weighted by Gasteiger charge is -2.06.